The van der Waals surface area contributed by atoms with E-state index in [1.807, 2.05) is 0 Å². The smallest absolute Gasteiger partial charge is 0.332 e. The van der Waals surface area contributed by atoms with E-state index in [0.29, 0.717) is 36.5 Å². The van der Waals surface area contributed by atoms with Crippen molar-refractivity contribution in [3.63, 3.8) is 0 Å². The Hall–Kier alpha value is -2.17. The third-order valence-corrected chi connectivity index (χ3v) is 5.28. The molecule has 1 saturated heterocycles. The molecule has 29 heavy (non-hydrogen) atoms. The second-order valence-corrected chi connectivity index (χ2v) is 7.66. The summed E-state index contributed by atoms with van der Waals surface area (Å²) in [5, 5.41) is 12.6. The topological polar surface area (TPSA) is 117 Å². The van der Waals surface area contributed by atoms with Gasteiger partial charge in [-0.3, -0.25) is 18.8 Å². The number of aliphatic hydroxyl groups excluding tert-OH is 1. The highest BCUT2D eigenvalue weighted by Gasteiger charge is 2.15. The molecule has 0 bridgehead atoms. The van der Waals surface area contributed by atoms with Gasteiger partial charge in [-0.05, 0) is 39.2 Å². The second-order valence-electron chi connectivity index (χ2n) is 7.66. The number of aromatic amines is 1. The van der Waals surface area contributed by atoms with Gasteiger partial charge in [0.1, 0.15) is 0 Å². The van der Waals surface area contributed by atoms with Gasteiger partial charge in [0.2, 0.25) is 5.95 Å². The zero-order valence-corrected chi connectivity index (χ0v) is 17.3. The predicted octanol–water partition coefficient (Wildman–Crippen LogP) is 0.109. The van der Waals surface area contributed by atoms with Crippen LogP contribution in [-0.2, 0) is 18.3 Å². The number of morpholine rings is 1. The summed E-state index contributed by atoms with van der Waals surface area (Å²) in [6.45, 7) is 7.26. The number of imidazole rings is 1. The summed E-state index contributed by atoms with van der Waals surface area (Å²) in [7, 11) is 1.62. The van der Waals surface area contributed by atoms with Crippen LogP contribution in [0, 0.1) is 0 Å². The van der Waals surface area contributed by atoms with Crippen molar-refractivity contribution in [3.05, 3.63) is 20.8 Å². The van der Waals surface area contributed by atoms with E-state index < -0.39 is 0 Å². The predicted molar refractivity (Wildman–Crippen MR) is 111 cm³/mol. The van der Waals surface area contributed by atoms with Crippen molar-refractivity contribution in [3.8, 4) is 0 Å². The maximum Gasteiger partial charge on any atom is 0.332 e. The van der Waals surface area contributed by atoms with E-state index >= 15 is 0 Å². The van der Waals surface area contributed by atoms with Crippen LogP contribution in [0.5, 0.6) is 0 Å². The first-order chi connectivity index (χ1) is 14.0. The molecule has 1 aliphatic rings. The molecule has 10 nitrogen and oxygen atoms in total. The van der Waals surface area contributed by atoms with Crippen LogP contribution in [0.1, 0.15) is 32.6 Å². The van der Waals surface area contributed by atoms with Crippen LogP contribution < -0.4 is 16.6 Å². The Morgan fingerprint density at radius 3 is 2.69 bits per heavy atom. The number of nitrogens with zero attached hydrogens (tertiary/aromatic N) is 4. The van der Waals surface area contributed by atoms with Gasteiger partial charge in [-0.15, -0.1) is 0 Å². The molecule has 3 rings (SSSR count). The first-order valence-electron chi connectivity index (χ1n) is 10.4. The molecule has 0 spiro atoms. The molecule has 1 unspecified atom stereocenters. The Bertz CT molecular complexity index is 910. The highest BCUT2D eigenvalue weighted by atomic mass is 16.5. The molecule has 10 heteroatoms. The van der Waals surface area contributed by atoms with E-state index in [-0.39, 0.29) is 17.4 Å². The lowest BCUT2D eigenvalue weighted by Gasteiger charge is -2.26. The van der Waals surface area contributed by atoms with Crippen LogP contribution in [0.2, 0.25) is 0 Å². The van der Waals surface area contributed by atoms with E-state index in [4.69, 9.17) is 4.74 Å². The lowest BCUT2D eigenvalue weighted by atomic mass is 10.2. The quantitative estimate of drug-likeness (QED) is 0.478. The highest BCUT2D eigenvalue weighted by Crippen LogP contribution is 2.09. The van der Waals surface area contributed by atoms with Gasteiger partial charge in [0.25, 0.3) is 5.56 Å². The summed E-state index contributed by atoms with van der Waals surface area (Å²) < 4.78 is 7.99. The molecule has 0 radical (unpaired) electrons. The van der Waals surface area contributed by atoms with Crippen molar-refractivity contribution in [1.82, 2.24) is 24.0 Å². The van der Waals surface area contributed by atoms with Crippen molar-refractivity contribution in [2.75, 3.05) is 44.7 Å². The minimum atomic E-state index is -0.374. The van der Waals surface area contributed by atoms with E-state index in [1.54, 1.807) is 14.0 Å². The lowest BCUT2D eigenvalue weighted by Crippen LogP contribution is -2.39. The first kappa shape index (κ1) is 21.5. The summed E-state index contributed by atoms with van der Waals surface area (Å²) in [6, 6.07) is 0. The van der Waals surface area contributed by atoms with E-state index in [2.05, 4.69) is 20.2 Å². The van der Waals surface area contributed by atoms with Gasteiger partial charge in [0.15, 0.2) is 11.2 Å². The fraction of sp³-hybridized carbons (Fsp3) is 0.737. The number of aliphatic hydroxyl groups is 1. The van der Waals surface area contributed by atoms with Crippen molar-refractivity contribution in [2.24, 2.45) is 7.05 Å². The number of anilines is 1. The Morgan fingerprint density at radius 2 is 1.97 bits per heavy atom. The third-order valence-electron chi connectivity index (χ3n) is 5.28. The maximum atomic E-state index is 12.8. The SMILES string of the molecule is CC(O)CCCCn1c(=O)c2[nH]c(NCCCN3CCOCC3)nc2n(C)c1=O. The number of rotatable bonds is 10. The largest absolute Gasteiger partial charge is 0.393 e. The average molecular weight is 409 g/mol. The molecule has 3 heterocycles. The summed E-state index contributed by atoms with van der Waals surface area (Å²) in [5.41, 5.74) is -0.0341. The maximum absolute atomic E-state index is 12.8. The average Bonchev–Trinajstić information content (AvgIpc) is 3.14. The molecule has 1 atom stereocenters. The van der Waals surface area contributed by atoms with Crippen LogP contribution in [0.25, 0.3) is 11.2 Å². The van der Waals surface area contributed by atoms with Crippen molar-refractivity contribution in [2.45, 2.75) is 45.3 Å². The van der Waals surface area contributed by atoms with Gasteiger partial charge in [-0.25, -0.2) is 4.79 Å². The van der Waals surface area contributed by atoms with E-state index in [9.17, 15) is 14.7 Å². The van der Waals surface area contributed by atoms with Crippen LogP contribution in [0.15, 0.2) is 9.59 Å². The number of nitrogens with one attached hydrogen (secondary N) is 2. The Balaban J connectivity index is 1.63. The van der Waals surface area contributed by atoms with Gasteiger partial charge >= 0.3 is 5.69 Å². The number of unbranched alkanes of at least 4 members (excludes halogenated alkanes) is 1. The minimum absolute atomic E-state index is 0.329. The zero-order valence-electron chi connectivity index (χ0n) is 17.3. The third kappa shape index (κ3) is 5.46. The fourth-order valence-corrected chi connectivity index (χ4v) is 3.57. The van der Waals surface area contributed by atoms with Crippen LogP contribution >= 0.6 is 0 Å². The molecule has 2 aromatic rings. The zero-order chi connectivity index (χ0) is 20.8. The molecule has 1 aliphatic heterocycles. The Kier molecular flexibility index (Phi) is 7.45. The molecule has 2 aromatic heterocycles. The Morgan fingerprint density at radius 1 is 1.21 bits per heavy atom. The normalized spacial score (nSPS) is 16.4. The standard InChI is InChI=1S/C19H32N6O4/c1-14(26)6-3-4-9-25-17(27)15-16(23(2)19(25)28)22-18(21-15)20-7-5-8-24-10-12-29-13-11-24/h14,26H,3-13H2,1-2H3,(H2,20,21,22). The number of fused-ring (bicyclic) bond motifs is 1. The molecule has 1 fully saturated rings. The number of aromatic nitrogens is 4. The summed E-state index contributed by atoms with van der Waals surface area (Å²) >= 11 is 0. The number of hydrogen-bond acceptors (Lipinski definition) is 7. The van der Waals surface area contributed by atoms with Crippen molar-refractivity contribution < 1.29 is 9.84 Å². The van der Waals surface area contributed by atoms with E-state index in [1.165, 1.54) is 9.13 Å². The van der Waals surface area contributed by atoms with Crippen LogP contribution in [-0.4, -0.2) is 74.6 Å². The second kappa shape index (κ2) is 10.0. The number of H-pyrrole nitrogens is 1. The van der Waals surface area contributed by atoms with Gasteiger partial charge in [-0.1, -0.05) is 0 Å². The highest BCUT2D eigenvalue weighted by molar-refractivity contribution is 5.72. The van der Waals surface area contributed by atoms with E-state index in [0.717, 1.165) is 52.2 Å². The summed E-state index contributed by atoms with van der Waals surface area (Å²) in [4.78, 5) is 35.1. The van der Waals surface area contributed by atoms with Gasteiger partial charge in [0.05, 0.1) is 19.3 Å². The number of aryl methyl sites for hydroxylation is 1. The fourth-order valence-electron chi connectivity index (χ4n) is 3.57. The minimum Gasteiger partial charge on any atom is -0.393 e. The van der Waals surface area contributed by atoms with Crippen molar-refractivity contribution in [1.29, 1.82) is 0 Å². The summed E-state index contributed by atoms with van der Waals surface area (Å²) in [5.74, 6) is 0.501. The molecular weight excluding hydrogens is 376 g/mol. The summed E-state index contributed by atoms with van der Waals surface area (Å²) in [6.07, 6.45) is 2.64. The van der Waals surface area contributed by atoms with Gasteiger partial charge < -0.3 is 20.1 Å². The number of hydrogen-bond donors (Lipinski definition) is 3. The molecular formula is C19H32N6O4. The first-order valence-corrected chi connectivity index (χ1v) is 10.4. The monoisotopic (exact) mass is 408 g/mol. The Labute approximate surface area is 169 Å². The molecule has 0 amide bonds. The number of ether oxygens (including phenoxy) is 1. The van der Waals surface area contributed by atoms with Crippen LogP contribution in [0.4, 0.5) is 5.95 Å². The lowest BCUT2D eigenvalue weighted by molar-refractivity contribution is 0.0378. The molecule has 0 aliphatic carbocycles. The van der Waals surface area contributed by atoms with Crippen LogP contribution in [0.3, 0.4) is 0 Å². The molecule has 0 saturated carbocycles. The molecule has 0 aromatic carbocycles. The molecule has 162 valence electrons. The molecule has 3 N–H and O–H groups in total. The van der Waals surface area contributed by atoms with Crippen molar-refractivity contribution >= 4 is 17.1 Å². The van der Waals surface area contributed by atoms with Gasteiger partial charge in [-0.2, -0.15) is 4.98 Å². The van der Waals surface area contributed by atoms with Gasteiger partial charge in [0, 0.05) is 33.2 Å².